The number of benzene rings is 1. The topological polar surface area (TPSA) is 72.8 Å². The SMILES string of the molecule is COc1cc(/C=C2/N=C(c3cccnc3)NC2=O)cc(OC)c1. The van der Waals surface area contributed by atoms with Gasteiger partial charge in [-0.2, -0.15) is 0 Å². The Bertz CT molecular complexity index is 776. The van der Waals surface area contributed by atoms with Gasteiger partial charge in [0.25, 0.3) is 5.91 Å². The summed E-state index contributed by atoms with van der Waals surface area (Å²) in [5.74, 6) is 1.52. The first-order valence-corrected chi connectivity index (χ1v) is 6.95. The van der Waals surface area contributed by atoms with Crippen molar-refractivity contribution in [1.82, 2.24) is 10.3 Å². The second kappa shape index (κ2) is 6.31. The van der Waals surface area contributed by atoms with Crippen LogP contribution in [0.2, 0.25) is 0 Å². The standard InChI is InChI=1S/C17H15N3O3/c1-22-13-6-11(7-14(9-13)23-2)8-15-17(21)20-16(19-15)12-4-3-5-18-10-12/h3-10H,1-2H3,(H,19,20,21)/b15-8+. The first-order chi connectivity index (χ1) is 11.2. The molecule has 1 amide bonds. The Morgan fingerprint density at radius 1 is 1.13 bits per heavy atom. The second-order valence-electron chi connectivity index (χ2n) is 4.83. The molecule has 3 rings (SSSR count). The molecule has 2 aromatic rings. The quantitative estimate of drug-likeness (QED) is 0.877. The van der Waals surface area contributed by atoms with Crippen molar-refractivity contribution in [2.24, 2.45) is 4.99 Å². The third-order valence-electron chi connectivity index (χ3n) is 3.31. The molecule has 1 aromatic heterocycles. The highest BCUT2D eigenvalue weighted by molar-refractivity contribution is 6.19. The summed E-state index contributed by atoms with van der Waals surface area (Å²) in [5.41, 5.74) is 1.84. The number of rotatable bonds is 4. The Labute approximate surface area is 133 Å². The molecule has 6 heteroatoms. The molecule has 0 saturated carbocycles. The van der Waals surface area contributed by atoms with Gasteiger partial charge in [0, 0.05) is 24.0 Å². The largest absolute Gasteiger partial charge is 0.497 e. The molecule has 0 saturated heterocycles. The zero-order valence-corrected chi connectivity index (χ0v) is 12.7. The number of pyridine rings is 1. The number of hydrogen-bond acceptors (Lipinski definition) is 5. The molecule has 1 aliphatic heterocycles. The van der Waals surface area contributed by atoms with Gasteiger partial charge in [-0.25, -0.2) is 4.99 Å². The number of amides is 1. The van der Waals surface area contributed by atoms with Gasteiger partial charge in [0.2, 0.25) is 0 Å². The van der Waals surface area contributed by atoms with Crippen molar-refractivity contribution in [2.45, 2.75) is 0 Å². The van der Waals surface area contributed by atoms with Crippen LogP contribution in [-0.4, -0.2) is 30.9 Å². The number of ether oxygens (including phenoxy) is 2. The van der Waals surface area contributed by atoms with Gasteiger partial charge in [0.1, 0.15) is 23.0 Å². The molecular formula is C17H15N3O3. The number of nitrogens with one attached hydrogen (secondary N) is 1. The summed E-state index contributed by atoms with van der Waals surface area (Å²) < 4.78 is 10.5. The fourth-order valence-corrected chi connectivity index (χ4v) is 2.18. The number of amidine groups is 1. The minimum atomic E-state index is -0.259. The van der Waals surface area contributed by atoms with E-state index in [2.05, 4.69) is 15.3 Å². The van der Waals surface area contributed by atoms with Crippen molar-refractivity contribution < 1.29 is 14.3 Å². The van der Waals surface area contributed by atoms with Crippen LogP contribution in [0.4, 0.5) is 0 Å². The maximum absolute atomic E-state index is 12.1. The highest BCUT2D eigenvalue weighted by atomic mass is 16.5. The molecule has 23 heavy (non-hydrogen) atoms. The lowest BCUT2D eigenvalue weighted by Gasteiger charge is -2.05. The van der Waals surface area contributed by atoms with Crippen LogP contribution in [0, 0.1) is 0 Å². The number of aliphatic imine (C=N–C) groups is 1. The van der Waals surface area contributed by atoms with Crippen LogP contribution < -0.4 is 14.8 Å². The zero-order chi connectivity index (χ0) is 16.2. The normalized spacial score (nSPS) is 15.3. The number of aromatic nitrogens is 1. The zero-order valence-electron chi connectivity index (χ0n) is 12.7. The van der Waals surface area contributed by atoms with Gasteiger partial charge in [-0.05, 0) is 35.9 Å². The van der Waals surface area contributed by atoms with E-state index in [9.17, 15) is 4.79 Å². The molecule has 0 bridgehead atoms. The van der Waals surface area contributed by atoms with Crippen LogP contribution >= 0.6 is 0 Å². The summed E-state index contributed by atoms with van der Waals surface area (Å²) in [6, 6.07) is 9.00. The molecule has 116 valence electrons. The van der Waals surface area contributed by atoms with E-state index in [4.69, 9.17) is 9.47 Å². The fourth-order valence-electron chi connectivity index (χ4n) is 2.18. The monoisotopic (exact) mass is 309 g/mol. The summed E-state index contributed by atoms with van der Waals surface area (Å²) in [7, 11) is 3.15. The maximum Gasteiger partial charge on any atom is 0.275 e. The Kier molecular flexibility index (Phi) is 4.05. The molecule has 1 aromatic carbocycles. The van der Waals surface area contributed by atoms with Crippen LogP contribution in [-0.2, 0) is 4.79 Å². The molecule has 0 aliphatic carbocycles. The lowest BCUT2D eigenvalue weighted by atomic mass is 10.1. The van der Waals surface area contributed by atoms with Crippen LogP contribution in [0.5, 0.6) is 11.5 Å². The molecular weight excluding hydrogens is 294 g/mol. The van der Waals surface area contributed by atoms with Crippen molar-refractivity contribution in [2.75, 3.05) is 14.2 Å². The number of hydrogen-bond donors (Lipinski definition) is 1. The minimum absolute atomic E-state index is 0.259. The molecule has 0 spiro atoms. The summed E-state index contributed by atoms with van der Waals surface area (Å²) in [5, 5.41) is 2.74. The third-order valence-corrected chi connectivity index (χ3v) is 3.31. The van der Waals surface area contributed by atoms with Crippen molar-refractivity contribution in [1.29, 1.82) is 0 Å². The Morgan fingerprint density at radius 2 is 1.87 bits per heavy atom. The van der Waals surface area contributed by atoms with Gasteiger partial charge in [0.05, 0.1) is 14.2 Å². The lowest BCUT2D eigenvalue weighted by Crippen LogP contribution is -2.24. The molecule has 2 heterocycles. The van der Waals surface area contributed by atoms with Crippen LogP contribution in [0.25, 0.3) is 6.08 Å². The first kappa shape index (κ1) is 14.8. The van der Waals surface area contributed by atoms with Gasteiger partial charge in [-0.3, -0.25) is 9.78 Å². The molecule has 0 atom stereocenters. The van der Waals surface area contributed by atoms with E-state index >= 15 is 0 Å². The van der Waals surface area contributed by atoms with Crippen LogP contribution in [0.15, 0.2) is 53.4 Å². The number of carbonyl (C=O) groups is 1. The van der Waals surface area contributed by atoms with Crippen LogP contribution in [0.3, 0.4) is 0 Å². The van der Waals surface area contributed by atoms with Crippen molar-refractivity contribution in [3.63, 3.8) is 0 Å². The van der Waals surface area contributed by atoms with Crippen molar-refractivity contribution >= 4 is 17.8 Å². The molecule has 0 unspecified atom stereocenters. The average molecular weight is 309 g/mol. The Balaban J connectivity index is 1.96. The number of carbonyl (C=O) groups excluding carboxylic acids is 1. The molecule has 1 aliphatic rings. The highest BCUT2D eigenvalue weighted by Crippen LogP contribution is 2.25. The molecule has 6 nitrogen and oxygen atoms in total. The molecule has 0 fully saturated rings. The second-order valence-corrected chi connectivity index (χ2v) is 4.83. The van der Waals surface area contributed by atoms with E-state index in [0.717, 1.165) is 11.1 Å². The summed E-state index contributed by atoms with van der Waals surface area (Å²) in [6.45, 7) is 0. The molecule has 1 N–H and O–H groups in total. The summed E-state index contributed by atoms with van der Waals surface area (Å²) in [6.07, 6.45) is 5.00. The first-order valence-electron chi connectivity index (χ1n) is 6.95. The van der Waals surface area contributed by atoms with Crippen LogP contribution in [0.1, 0.15) is 11.1 Å². The summed E-state index contributed by atoms with van der Waals surface area (Å²) >= 11 is 0. The van der Waals surface area contributed by atoms with Gasteiger partial charge < -0.3 is 14.8 Å². The van der Waals surface area contributed by atoms with E-state index in [-0.39, 0.29) is 5.91 Å². The van der Waals surface area contributed by atoms with Gasteiger partial charge in [0.15, 0.2) is 0 Å². The summed E-state index contributed by atoms with van der Waals surface area (Å²) in [4.78, 5) is 20.5. The highest BCUT2D eigenvalue weighted by Gasteiger charge is 2.21. The predicted molar refractivity (Wildman–Crippen MR) is 86.4 cm³/mol. The number of methoxy groups -OCH3 is 2. The minimum Gasteiger partial charge on any atom is -0.497 e. The Morgan fingerprint density at radius 3 is 2.48 bits per heavy atom. The fraction of sp³-hybridized carbons (Fsp3) is 0.118. The maximum atomic E-state index is 12.1. The average Bonchev–Trinajstić information content (AvgIpc) is 2.96. The van der Waals surface area contributed by atoms with E-state index in [1.165, 1.54) is 0 Å². The lowest BCUT2D eigenvalue weighted by molar-refractivity contribution is -0.115. The third kappa shape index (κ3) is 3.21. The Hall–Kier alpha value is -3.15. The molecule has 0 radical (unpaired) electrons. The smallest absolute Gasteiger partial charge is 0.275 e. The van der Waals surface area contributed by atoms with Gasteiger partial charge in [-0.15, -0.1) is 0 Å². The number of nitrogens with zero attached hydrogens (tertiary/aromatic N) is 2. The van der Waals surface area contributed by atoms with Crippen molar-refractivity contribution in [3.8, 4) is 11.5 Å². The van der Waals surface area contributed by atoms with Gasteiger partial charge >= 0.3 is 0 Å². The van der Waals surface area contributed by atoms with E-state index in [1.54, 1.807) is 57.0 Å². The van der Waals surface area contributed by atoms with Crippen molar-refractivity contribution in [3.05, 3.63) is 59.5 Å². The predicted octanol–water partition coefficient (Wildman–Crippen LogP) is 2.02. The van der Waals surface area contributed by atoms with E-state index in [1.807, 2.05) is 6.07 Å². The van der Waals surface area contributed by atoms with Gasteiger partial charge in [-0.1, -0.05) is 0 Å². The van der Waals surface area contributed by atoms with E-state index in [0.29, 0.717) is 23.0 Å². The van der Waals surface area contributed by atoms with E-state index < -0.39 is 0 Å².